The predicted octanol–water partition coefficient (Wildman–Crippen LogP) is 4.73. The third-order valence-corrected chi connectivity index (χ3v) is 3.27. The molecule has 2 rings (SSSR count). The summed E-state index contributed by atoms with van der Waals surface area (Å²) >= 11 is 6.14. The second-order valence-corrected chi connectivity index (χ2v) is 5.13. The van der Waals surface area contributed by atoms with Gasteiger partial charge in [0.2, 0.25) is 0 Å². The second kappa shape index (κ2) is 4.92. The van der Waals surface area contributed by atoms with Crippen molar-refractivity contribution in [3.63, 3.8) is 0 Å². The number of rotatable bonds is 4. The molecule has 0 bridgehead atoms. The van der Waals surface area contributed by atoms with Gasteiger partial charge in [-0.05, 0) is 37.0 Å². The Morgan fingerprint density at radius 3 is 2.81 bits per heavy atom. The van der Waals surface area contributed by atoms with Crippen molar-refractivity contribution in [1.29, 1.82) is 0 Å². The van der Waals surface area contributed by atoms with E-state index in [-0.39, 0.29) is 0 Å². The molecule has 0 spiro atoms. The van der Waals surface area contributed by atoms with Crippen LogP contribution in [0.3, 0.4) is 0 Å². The standard InChI is InChI=1S/C14H18ClN/c1-11(2)5-4-9-16-10-8-12-13(15)6-3-7-14(12)16/h3,6-8,10-11H,4-5,9H2,1-2H3. The Balaban J connectivity index is 2.16. The van der Waals surface area contributed by atoms with E-state index in [1.54, 1.807) is 0 Å². The third-order valence-electron chi connectivity index (χ3n) is 2.94. The number of hydrogen-bond donors (Lipinski definition) is 0. The van der Waals surface area contributed by atoms with E-state index in [0.717, 1.165) is 22.9 Å². The van der Waals surface area contributed by atoms with E-state index in [1.165, 1.54) is 18.4 Å². The lowest BCUT2D eigenvalue weighted by atomic mass is 10.1. The van der Waals surface area contributed by atoms with Crippen LogP contribution in [0, 0.1) is 5.92 Å². The Morgan fingerprint density at radius 1 is 1.25 bits per heavy atom. The molecular weight excluding hydrogens is 218 g/mol. The van der Waals surface area contributed by atoms with Crippen LogP contribution in [0.25, 0.3) is 10.9 Å². The van der Waals surface area contributed by atoms with Crippen molar-refractivity contribution in [2.75, 3.05) is 0 Å². The molecule has 0 radical (unpaired) electrons. The molecule has 2 aromatic rings. The quantitative estimate of drug-likeness (QED) is 0.722. The van der Waals surface area contributed by atoms with Crippen LogP contribution < -0.4 is 0 Å². The molecule has 1 heterocycles. The van der Waals surface area contributed by atoms with Gasteiger partial charge in [-0.2, -0.15) is 0 Å². The number of nitrogens with zero attached hydrogens (tertiary/aromatic N) is 1. The first kappa shape index (κ1) is 11.5. The Hall–Kier alpha value is -0.950. The molecule has 0 aliphatic rings. The fourth-order valence-electron chi connectivity index (χ4n) is 2.05. The monoisotopic (exact) mass is 235 g/mol. The van der Waals surface area contributed by atoms with Crippen LogP contribution in [0.2, 0.25) is 5.02 Å². The maximum absolute atomic E-state index is 6.14. The van der Waals surface area contributed by atoms with Gasteiger partial charge >= 0.3 is 0 Å². The molecule has 0 atom stereocenters. The summed E-state index contributed by atoms with van der Waals surface area (Å²) in [4.78, 5) is 0. The van der Waals surface area contributed by atoms with E-state index < -0.39 is 0 Å². The van der Waals surface area contributed by atoms with E-state index in [2.05, 4.69) is 36.7 Å². The summed E-state index contributed by atoms with van der Waals surface area (Å²) in [6.07, 6.45) is 4.64. The van der Waals surface area contributed by atoms with Crippen molar-refractivity contribution in [2.45, 2.75) is 33.2 Å². The molecule has 0 unspecified atom stereocenters. The first-order chi connectivity index (χ1) is 7.68. The van der Waals surface area contributed by atoms with Gasteiger partial charge in [-0.25, -0.2) is 0 Å². The first-order valence-corrected chi connectivity index (χ1v) is 6.29. The normalized spacial score (nSPS) is 11.5. The number of aryl methyl sites for hydroxylation is 1. The topological polar surface area (TPSA) is 4.93 Å². The lowest BCUT2D eigenvalue weighted by molar-refractivity contribution is 0.518. The summed E-state index contributed by atoms with van der Waals surface area (Å²) < 4.78 is 2.30. The molecule has 0 aliphatic heterocycles. The highest BCUT2D eigenvalue weighted by molar-refractivity contribution is 6.35. The van der Waals surface area contributed by atoms with Crippen LogP contribution in [0.1, 0.15) is 26.7 Å². The SMILES string of the molecule is CC(C)CCCn1ccc2c(Cl)cccc21. The number of benzene rings is 1. The minimum Gasteiger partial charge on any atom is -0.347 e. The van der Waals surface area contributed by atoms with E-state index in [1.807, 2.05) is 12.1 Å². The van der Waals surface area contributed by atoms with Crippen molar-refractivity contribution in [3.05, 3.63) is 35.5 Å². The highest BCUT2D eigenvalue weighted by atomic mass is 35.5. The molecule has 86 valence electrons. The van der Waals surface area contributed by atoms with Gasteiger partial charge in [0.25, 0.3) is 0 Å². The molecule has 0 saturated heterocycles. The average molecular weight is 236 g/mol. The minimum absolute atomic E-state index is 0.783. The van der Waals surface area contributed by atoms with Crippen LogP contribution in [-0.2, 0) is 6.54 Å². The fourth-order valence-corrected chi connectivity index (χ4v) is 2.28. The molecule has 0 aliphatic carbocycles. The summed E-state index contributed by atoms with van der Waals surface area (Å²) in [6, 6.07) is 8.20. The molecule has 0 N–H and O–H groups in total. The summed E-state index contributed by atoms with van der Waals surface area (Å²) in [7, 11) is 0. The Morgan fingerprint density at radius 2 is 2.06 bits per heavy atom. The van der Waals surface area contributed by atoms with Crippen molar-refractivity contribution >= 4 is 22.5 Å². The Kier molecular flexibility index (Phi) is 3.55. The van der Waals surface area contributed by atoms with E-state index >= 15 is 0 Å². The molecule has 16 heavy (non-hydrogen) atoms. The number of fused-ring (bicyclic) bond motifs is 1. The molecule has 0 saturated carbocycles. The maximum atomic E-state index is 6.14. The second-order valence-electron chi connectivity index (χ2n) is 4.72. The molecule has 1 aromatic carbocycles. The fraction of sp³-hybridized carbons (Fsp3) is 0.429. The lowest BCUT2D eigenvalue weighted by Crippen LogP contribution is -1.98. The molecule has 0 fully saturated rings. The average Bonchev–Trinajstić information content (AvgIpc) is 2.63. The zero-order valence-corrected chi connectivity index (χ0v) is 10.7. The van der Waals surface area contributed by atoms with Crippen LogP contribution in [-0.4, -0.2) is 4.57 Å². The third kappa shape index (κ3) is 2.41. The van der Waals surface area contributed by atoms with Crippen molar-refractivity contribution in [1.82, 2.24) is 4.57 Å². The van der Waals surface area contributed by atoms with Gasteiger partial charge in [-0.15, -0.1) is 0 Å². The van der Waals surface area contributed by atoms with Gasteiger partial charge in [0.05, 0.1) is 0 Å². The van der Waals surface area contributed by atoms with Crippen LogP contribution >= 0.6 is 11.6 Å². The molecule has 1 aromatic heterocycles. The van der Waals surface area contributed by atoms with Gasteiger partial charge in [0.1, 0.15) is 0 Å². The van der Waals surface area contributed by atoms with E-state index in [9.17, 15) is 0 Å². The highest BCUT2D eigenvalue weighted by Crippen LogP contribution is 2.24. The largest absolute Gasteiger partial charge is 0.347 e. The molecular formula is C14H18ClN. The van der Waals surface area contributed by atoms with Gasteiger partial charge in [-0.3, -0.25) is 0 Å². The number of aromatic nitrogens is 1. The highest BCUT2D eigenvalue weighted by Gasteiger charge is 2.03. The lowest BCUT2D eigenvalue weighted by Gasteiger charge is -2.07. The maximum Gasteiger partial charge on any atom is 0.0499 e. The Bertz CT molecular complexity index is 471. The van der Waals surface area contributed by atoms with Crippen LogP contribution in [0.5, 0.6) is 0 Å². The van der Waals surface area contributed by atoms with Crippen molar-refractivity contribution in [3.8, 4) is 0 Å². The van der Waals surface area contributed by atoms with Gasteiger partial charge in [0.15, 0.2) is 0 Å². The van der Waals surface area contributed by atoms with Gasteiger partial charge in [0, 0.05) is 28.7 Å². The minimum atomic E-state index is 0.783. The molecule has 0 amide bonds. The van der Waals surface area contributed by atoms with Crippen molar-refractivity contribution in [2.24, 2.45) is 5.92 Å². The zero-order valence-electron chi connectivity index (χ0n) is 9.91. The number of halogens is 1. The van der Waals surface area contributed by atoms with Gasteiger partial charge in [-0.1, -0.05) is 31.5 Å². The van der Waals surface area contributed by atoms with Gasteiger partial charge < -0.3 is 4.57 Å². The van der Waals surface area contributed by atoms with Crippen LogP contribution in [0.4, 0.5) is 0 Å². The molecule has 1 nitrogen and oxygen atoms in total. The summed E-state index contributed by atoms with van der Waals surface area (Å²) in [5.41, 5.74) is 1.25. The summed E-state index contributed by atoms with van der Waals surface area (Å²) in [6.45, 7) is 5.62. The molecule has 2 heteroatoms. The van der Waals surface area contributed by atoms with Crippen molar-refractivity contribution < 1.29 is 0 Å². The number of hydrogen-bond acceptors (Lipinski definition) is 0. The predicted molar refractivity (Wildman–Crippen MR) is 71.0 cm³/mol. The zero-order chi connectivity index (χ0) is 11.5. The Labute approximate surface area is 102 Å². The first-order valence-electron chi connectivity index (χ1n) is 5.92. The van der Waals surface area contributed by atoms with E-state index in [0.29, 0.717) is 0 Å². The van der Waals surface area contributed by atoms with Crippen LogP contribution in [0.15, 0.2) is 30.5 Å². The smallest absolute Gasteiger partial charge is 0.0499 e. The summed E-state index contributed by atoms with van der Waals surface area (Å²) in [5.74, 6) is 0.783. The summed E-state index contributed by atoms with van der Waals surface area (Å²) in [5, 5.41) is 2.01. The van der Waals surface area contributed by atoms with E-state index in [4.69, 9.17) is 11.6 Å².